The summed E-state index contributed by atoms with van der Waals surface area (Å²) in [4.78, 5) is 0.366. The van der Waals surface area contributed by atoms with Crippen LogP contribution >= 0.6 is 28.1 Å². The Morgan fingerprint density at radius 3 is 2.38 bits per heavy atom. The number of nitrogens with one attached hydrogen (secondary N) is 1. The number of hydrogen-bond acceptors (Lipinski definition) is 2. The van der Waals surface area contributed by atoms with E-state index in [1.54, 1.807) is 0 Å². The fraction of sp³-hybridized carbons (Fsp3) is 0. The van der Waals surface area contributed by atoms with Crippen molar-refractivity contribution >= 4 is 55.3 Å². The summed E-state index contributed by atoms with van der Waals surface area (Å²) in [6.07, 6.45) is 0. The molecule has 21 heavy (non-hydrogen) atoms. The van der Waals surface area contributed by atoms with Crippen LogP contribution in [-0.2, 0) is 0 Å². The molecule has 0 aliphatic carbocycles. The first-order chi connectivity index (χ1) is 10.2. The molecule has 3 rings (SSSR count). The van der Waals surface area contributed by atoms with E-state index in [4.69, 9.17) is 18.0 Å². The van der Waals surface area contributed by atoms with Crippen LogP contribution in [0.3, 0.4) is 0 Å². The summed E-state index contributed by atoms with van der Waals surface area (Å²) < 4.78 is 0.889. The molecule has 0 aliphatic heterocycles. The molecule has 0 unspecified atom stereocenters. The zero-order valence-electron chi connectivity index (χ0n) is 11.1. The van der Waals surface area contributed by atoms with Crippen LogP contribution in [0.1, 0.15) is 5.56 Å². The molecule has 0 bridgehead atoms. The van der Waals surface area contributed by atoms with Gasteiger partial charge >= 0.3 is 0 Å². The van der Waals surface area contributed by atoms with Gasteiger partial charge in [0.15, 0.2) is 0 Å². The van der Waals surface area contributed by atoms with E-state index in [0.717, 1.165) is 26.8 Å². The number of thiocarbonyl (C=S) groups is 1. The van der Waals surface area contributed by atoms with Crippen LogP contribution in [-0.4, -0.2) is 4.99 Å². The summed E-state index contributed by atoms with van der Waals surface area (Å²) >= 11 is 8.66. The molecule has 0 atom stereocenters. The van der Waals surface area contributed by atoms with Gasteiger partial charge in [0.2, 0.25) is 0 Å². The molecule has 0 aromatic heterocycles. The van der Waals surface area contributed by atoms with Crippen LogP contribution in [0.25, 0.3) is 10.8 Å². The molecule has 0 radical (unpaired) electrons. The number of benzene rings is 3. The van der Waals surface area contributed by atoms with Gasteiger partial charge in [-0.3, -0.25) is 0 Å². The maximum absolute atomic E-state index is 5.84. The minimum atomic E-state index is 0.366. The zero-order chi connectivity index (χ0) is 14.8. The summed E-state index contributed by atoms with van der Waals surface area (Å²) in [5, 5.41) is 5.79. The number of nitrogens with two attached hydrogens (primary N) is 1. The van der Waals surface area contributed by atoms with E-state index in [-0.39, 0.29) is 0 Å². The van der Waals surface area contributed by atoms with Gasteiger partial charge in [-0.2, -0.15) is 0 Å². The fourth-order valence-electron chi connectivity index (χ4n) is 2.36. The normalized spacial score (nSPS) is 10.5. The second kappa shape index (κ2) is 5.84. The number of rotatable bonds is 3. The summed E-state index contributed by atoms with van der Waals surface area (Å²) in [7, 11) is 0. The molecule has 104 valence electrons. The summed E-state index contributed by atoms with van der Waals surface area (Å²) in [6, 6.07) is 20.3. The monoisotopic (exact) mass is 356 g/mol. The van der Waals surface area contributed by atoms with E-state index < -0.39 is 0 Å². The first-order valence-electron chi connectivity index (χ1n) is 6.50. The largest absolute Gasteiger partial charge is 0.389 e. The van der Waals surface area contributed by atoms with E-state index in [2.05, 4.69) is 39.4 Å². The molecule has 3 aromatic carbocycles. The molecule has 0 amide bonds. The third-order valence-electron chi connectivity index (χ3n) is 3.32. The Morgan fingerprint density at radius 1 is 0.905 bits per heavy atom. The molecule has 3 aromatic rings. The topological polar surface area (TPSA) is 38.0 Å². The summed E-state index contributed by atoms with van der Waals surface area (Å²) in [5.74, 6) is 0. The van der Waals surface area contributed by atoms with Crippen molar-refractivity contribution in [2.45, 2.75) is 0 Å². The third-order valence-corrected chi connectivity index (χ3v) is 4.18. The van der Waals surface area contributed by atoms with Crippen molar-refractivity contribution in [2.75, 3.05) is 5.32 Å². The lowest BCUT2D eigenvalue weighted by molar-refractivity contribution is 1.51. The Balaban J connectivity index is 2.12. The van der Waals surface area contributed by atoms with Gasteiger partial charge < -0.3 is 11.1 Å². The van der Waals surface area contributed by atoms with Crippen molar-refractivity contribution < 1.29 is 0 Å². The Morgan fingerprint density at radius 2 is 1.57 bits per heavy atom. The average Bonchev–Trinajstić information content (AvgIpc) is 2.47. The number of halogens is 1. The minimum Gasteiger partial charge on any atom is -0.389 e. The molecule has 0 saturated carbocycles. The van der Waals surface area contributed by atoms with Crippen molar-refractivity contribution in [3.8, 4) is 0 Å². The first kappa shape index (κ1) is 14.0. The van der Waals surface area contributed by atoms with Gasteiger partial charge in [-0.05, 0) is 39.5 Å². The van der Waals surface area contributed by atoms with Crippen LogP contribution < -0.4 is 11.1 Å². The van der Waals surface area contributed by atoms with Crippen LogP contribution in [0.5, 0.6) is 0 Å². The van der Waals surface area contributed by atoms with Gasteiger partial charge in [0.05, 0.1) is 0 Å². The third kappa shape index (κ3) is 2.77. The van der Waals surface area contributed by atoms with E-state index >= 15 is 0 Å². The Bertz CT molecular complexity index is 825. The zero-order valence-corrected chi connectivity index (χ0v) is 13.5. The Hall–Kier alpha value is -1.91. The van der Waals surface area contributed by atoms with E-state index in [1.165, 1.54) is 5.39 Å². The summed E-state index contributed by atoms with van der Waals surface area (Å²) in [6.45, 7) is 0. The second-order valence-electron chi connectivity index (χ2n) is 4.68. The van der Waals surface area contributed by atoms with Crippen molar-refractivity contribution in [1.29, 1.82) is 0 Å². The summed E-state index contributed by atoms with van der Waals surface area (Å²) in [5.41, 5.74) is 8.59. The molecule has 0 spiro atoms. The van der Waals surface area contributed by atoms with Crippen LogP contribution in [0.2, 0.25) is 0 Å². The average molecular weight is 357 g/mol. The predicted molar refractivity (Wildman–Crippen MR) is 97.3 cm³/mol. The maximum Gasteiger partial charge on any atom is 0.107 e. The minimum absolute atomic E-state index is 0.366. The lowest BCUT2D eigenvalue weighted by atomic mass is 10.1. The van der Waals surface area contributed by atoms with Crippen LogP contribution in [0, 0.1) is 0 Å². The smallest absolute Gasteiger partial charge is 0.107 e. The molecule has 0 aliphatic rings. The van der Waals surface area contributed by atoms with Crippen molar-refractivity contribution in [3.63, 3.8) is 0 Å². The standard InChI is InChI=1S/C17H13BrN2S/c18-13-8-4-10-15(16(13)17(19)21)20-14-9-3-6-11-5-1-2-7-12(11)14/h1-10,20H,(H2,19,21). The predicted octanol–water partition coefficient (Wildman–Crippen LogP) is 4.98. The van der Waals surface area contributed by atoms with Crippen LogP contribution in [0.4, 0.5) is 11.4 Å². The number of anilines is 2. The van der Waals surface area contributed by atoms with Crippen molar-refractivity contribution in [3.05, 3.63) is 70.7 Å². The van der Waals surface area contributed by atoms with E-state index in [9.17, 15) is 0 Å². The quantitative estimate of drug-likeness (QED) is 0.650. The lowest BCUT2D eigenvalue weighted by Gasteiger charge is -2.14. The highest BCUT2D eigenvalue weighted by molar-refractivity contribution is 9.10. The Labute approximate surface area is 137 Å². The first-order valence-corrected chi connectivity index (χ1v) is 7.70. The highest BCUT2D eigenvalue weighted by Gasteiger charge is 2.10. The van der Waals surface area contributed by atoms with Crippen LogP contribution in [0.15, 0.2) is 65.1 Å². The van der Waals surface area contributed by atoms with Gasteiger partial charge in [-0.25, -0.2) is 0 Å². The molecule has 0 saturated heterocycles. The molecular formula is C17H13BrN2S. The van der Waals surface area contributed by atoms with E-state index in [1.807, 2.05) is 42.5 Å². The highest BCUT2D eigenvalue weighted by atomic mass is 79.9. The van der Waals surface area contributed by atoms with Crippen molar-refractivity contribution in [1.82, 2.24) is 0 Å². The SMILES string of the molecule is NC(=S)c1c(Br)cccc1Nc1cccc2ccccc12. The molecule has 3 N–H and O–H groups in total. The lowest BCUT2D eigenvalue weighted by Crippen LogP contribution is -2.12. The number of fused-ring (bicyclic) bond motifs is 1. The number of hydrogen-bond donors (Lipinski definition) is 2. The van der Waals surface area contributed by atoms with Gasteiger partial charge in [0.25, 0.3) is 0 Å². The maximum atomic E-state index is 5.84. The Kier molecular flexibility index (Phi) is 3.90. The van der Waals surface area contributed by atoms with Gasteiger partial charge in [-0.1, -0.05) is 54.7 Å². The van der Waals surface area contributed by atoms with Gasteiger partial charge in [-0.15, -0.1) is 0 Å². The molecular weight excluding hydrogens is 344 g/mol. The van der Waals surface area contributed by atoms with Gasteiger partial charge in [0.1, 0.15) is 4.99 Å². The highest BCUT2D eigenvalue weighted by Crippen LogP contribution is 2.30. The van der Waals surface area contributed by atoms with Gasteiger partial charge in [0, 0.05) is 26.8 Å². The fourth-order valence-corrected chi connectivity index (χ4v) is 3.29. The van der Waals surface area contributed by atoms with E-state index in [0.29, 0.717) is 4.99 Å². The molecule has 4 heteroatoms. The molecule has 2 nitrogen and oxygen atoms in total. The van der Waals surface area contributed by atoms with Crippen molar-refractivity contribution in [2.24, 2.45) is 5.73 Å². The molecule has 0 fully saturated rings. The molecule has 0 heterocycles. The second-order valence-corrected chi connectivity index (χ2v) is 5.97.